The molecule has 2 atom stereocenters. The molecular formula is C15H23BrN2O. The van der Waals surface area contributed by atoms with E-state index in [1.165, 1.54) is 18.4 Å². The number of halogens is 1. The maximum Gasteiger partial charge on any atom is 0.0502 e. The molecule has 1 aliphatic rings. The van der Waals surface area contributed by atoms with Crippen molar-refractivity contribution in [2.75, 3.05) is 33.4 Å². The predicted octanol–water partition coefficient (Wildman–Crippen LogP) is 2.81. The topological polar surface area (TPSA) is 38.5 Å². The summed E-state index contributed by atoms with van der Waals surface area (Å²) in [4.78, 5) is 2.51. The number of piperidine rings is 1. The molecule has 0 radical (unpaired) electrons. The monoisotopic (exact) mass is 326 g/mol. The molecule has 1 saturated heterocycles. The molecule has 0 spiro atoms. The highest BCUT2D eigenvalue weighted by Crippen LogP contribution is 2.27. The summed E-state index contributed by atoms with van der Waals surface area (Å²) in [6, 6.07) is 8.85. The maximum atomic E-state index is 6.01. The lowest BCUT2D eigenvalue weighted by atomic mass is 9.95. The fourth-order valence-corrected chi connectivity index (χ4v) is 3.20. The molecular weight excluding hydrogens is 304 g/mol. The first-order chi connectivity index (χ1) is 9.24. The van der Waals surface area contributed by atoms with Crippen LogP contribution in [0.2, 0.25) is 0 Å². The maximum absolute atomic E-state index is 6.01. The number of nitrogens with zero attached hydrogens (tertiary/aromatic N) is 1. The number of hydrogen-bond acceptors (Lipinski definition) is 3. The number of nitrogens with two attached hydrogens (primary N) is 1. The van der Waals surface area contributed by atoms with Gasteiger partial charge in [0.05, 0.1) is 6.61 Å². The molecule has 4 heteroatoms. The van der Waals surface area contributed by atoms with Crippen molar-refractivity contribution in [3.8, 4) is 0 Å². The number of hydrogen-bond donors (Lipinski definition) is 1. The summed E-state index contributed by atoms with van der Waals surface area (Å²) in [6.07, 6.45) is 2.50. The zero-order chi connectivity index (χ0) is 13.7. The fraction of sp³-hybridized carbons (Fsp3) is 0.600. The minimum atomic E-state index is 0.327. The van der Waals surface area contributed by atoms with E-state index in [-0.39, 0.29) is 0 Å². The summed E-state index contributed by atoms with van der Waals surface area (Å²) in [6.45, 7) is 3.75. The first-order valence-corrected chi connectivity index (χ1v) is 7.72. The van der Waals surface area contributed by atoms with Gasteiger partial charge in [-0.3, -0.25) is 4.90 Å². The highest BCUT2D eigenvalue weighted by Gasteiger charge is 2.25. The van der Waals surface area contributed by atoms with E-state index in [4.69, 9.17) is 10.5 Å². The second kappa shape index (κ2) is 7.39. The van der Waals surface area contributed by atoms with E-state index in [2.05, 4.69) is 45.1 Å². The third-order valence-corrected chi connectivity index (χ3v) is 4.40. The van der Waals surface area contributed by atoms with Crippen molar-refractivity contribution in [3.05, 3.63) is 34.3 Å². The molecule has 19 heavy (non-hydrogen) atoms. The van der Waals surface area contributed by atoms with Crippen LogP contribution in [0.5, 0.6) is 0 Å². The van der Waals surface area contributed by atoms with E-state index in [0.717, 1.165) is 24.2 Å². The van der Waals surface area contributed by atoms with Gasteiger partial charge >= 0.3 is 0 Å². The standard InChI is InChI=1S/C15H23BrN2O/c1-19-11-12-3-2-8-18(10-12)15(9-17)13-4-6-14(16)7-5-13/h4-7,12,15H,2-3,8-11,17H2,1H3. The third kappa shape index (κ3) is 4.02. The Labute approximate surface area is 124 Å². The lowest BCUT2D eigenvalue weighted by Crippen LogP contribution is -2.42. The number of methoxy groups -OCH3 is 1. The molecule has 0 aliphatic carbocycles. The Bertz CT molecular complexity index is 380. The lowest BCUT2D eigenvalue weighted by molar-refractivity contribution is 0.0697. The third-order valence-electron chi connectivity index (χ3n) is 3.87. The van der Waals surface area contributed by atoms with Crippen LogP contribution in [0.15, 0.2) is 28.7 Å². The average molecular weight is 327 g/mol. The quantitative estimate of drug-likeness (QED) is 0.904. The van der Waals surface area contributed by atoms with Gasteiger partial charge < -0.3 is 10.5 Å². The molecule has 106 valence electrons. The molecule has 0 aromatic heterocycles. The van der Waals surface area contributed by atoms with Gasteiger partial charge in [-0.1, -0.05) is 28.1 Å². The minimum Gasteiger partial charge on any atom is -0.384 e. The van der Waals surface area contributed by atoms with Crippen molar-refractivity contribution >= 4 is 15.9 Å². The largest absolute Gasteiger partial charge is 0.384 e. The van der Waals surface area contributed by atoms with Gasteiger partial charge in [0.2, 0.25) is 0 Å². The van der Waals surface area contributed by atoms with Gasteiger partial charge in [-0.25, -0.2) is 0 Å². The van der Waals surface area contributed by atoms with Crippen LogP contribution in [0.1, 0.15) is 24.4 Å². The van der Waals surface area contributed by atoms with Crippen LogP contribution in [-0.2, 0) is 4.74 Å². The van der Waals surface area contributed by atoms with E-state index in [1.807, 2.05) is 0 Å². The van der Waals surface area contributed by atoms with Crippen molar-refractivity contribution in [1.29, 1.82) is 0 Å². The summed E-state index contributed by atoms with van der Waals surface area (Å²) < 4.78 is 6.41. The van der Waals surface area contributed by atoms with Crippen LogP contribution < -0.4 is 5.73 Å². The molecule has 2 N–H and O–H groups in total. The fourth-order valence-electron chi connectivity index (χ4n) is 2.93. The number of rotatable bonds is 5. The minimum absolute atomic E-state index is 0.327. The van der Waals surface area contributed by atoms with Crippen molar-refractivity contribution in [2.45, 2.75) is 18.9 Å². The normalized spacial score (nSPS) is 22.4. The van der Waals surface area contributed by atoms with Gasteiger partial charge in [0.25, 0.3) is 0 Å². The van der Waals surface area contributed by atoms with Crippen LogP contribution in [0, 0.1) is 5.92 Å². The summed E-state index contributed by atoms with van der Waals surface area (Å²) in [5.74, 6) is 0.642. The van der Waals surface area contributed by atoms with E-state index in [9.17, 15) is 0 Å². The predicted molar refractivity (Wildman–Crippen MR) is 82.1 cm³/mol. The van der Waals surface area contributed by atoms with Crippen molar-refractivity contribution < 1.29 is 4.74 Å². The summed E-state index contributed by atoms with van der Waals surface area (Å²) >= 11 is 3.48. The highest BCUT2D eigenvalue weighted by molar-refractivity contribution is 9.10. The highest BCUT2D eigenvalue weighted by atomic mass is 79.9. The van der Waals surface area contributed by atoms with Crippen LogP contribution in [0.4, 0.5) is 0 Å². The number of benzene rings is 1. The molecule has 3 nitrogen and oxygen atoms in total. The molecule has 0 saturated carbocycles. The molecule has 1 aromatic carbocycles. The molecule has 1 heterocycles. The Kier molecular flexibility index (Phi) is 5.82. The van der Waals surface area contributed by atoms with E-state index in [0.29, 0.717) is 18.5 Å². The van der Waals surface area contributed by atoms with Crippen molar-refractivity contribution in [2.24, 2.45) is 11.7 Å². The van der Waals surface area contributed by atoms with Gasteiger partial charge in [0.1, 0.15) is 0 Å². The zero-order valence-corrected chi connectivity index (χ0v) is 13.1. The Morgan fingerprint density at radius 3 is 2.79 bits per heavy atom. The van der Waals surface area contributed by atoms with E-state index >= 15 is 0 Å². The van der Waals surface area contributed by atoms with Crippen LogP contribution in [0.25, 0.3) is 0 Å². The van der Waals surface area contributed by atoms with Gasteiger partial charge in [-0.2, -0.15) is 0 Å². The van der Waals surface area contributed by atoms with Crippen LogP contribution in [-0.4, -0.2) is 38.3 Å². The van der Waals surface area contributed by atoms with Gasteiger partial charge in [-0.15, -0.1) is 0 Å². The van der Waals surface area contributed by atoms with Crippen molar-refractivity contribution in [3.63, 3.8) is 0 Å². The molecule has 2 rings (SSSR count). The molecule has 1 fully saturated rings. The molecule has 1 aliphatic heterocycles. The smallest absolute Gasteiger partial charge is 0.0502 e. The number of likely N-dealkylation sites (tertiary alicyclic amines) is 1. The zero-order valence-electron chi connectivity index (χ0n) is 11.5. The number of ether oxygens (including phenoxy) is 1. The summed E-state index contributed by atoms with van der Waals surface area (Å²) in [7, 11) is 1.79. The van der Waals surface area contributed by atoms with Gasteiger partial charge in [0, 0.05) is 30.7 Å². The summed E-state index contributed by atoms with van der Waals surface area (Å²) in [5.41, 5.74) is 7.32. The first-order valence-electron chi connectivity index (χ1n) is 6.93. The Balaban J connectivity index is 2.06. The summed E-state index contributed by atoms with van der Waals surface area (Å²) in [5, 5.41) is 0. The van der Waals surface area contributed by atoms with Crippen LogP contribution in [0.3, 0.4) is 0 Å². The molecule has 1 aromatic rings. The van der Waals surface area contributed by atoms with Gasteiger partial charge in [-0.05, 0) is 43.0 Å². The van der Waals surface area contributed by atoms with E-state index < -0.39 is 0 Å². The van der Waals surface area contributed by atoms with E-state index in [1.54, 1.807) is 7.11 Å². The second-order valence-electron chi connectivity index (χ2n) is 5.26. The average Bonchev–Trinajstić information content (AvgIpc) is 2.43. The van der Waals surface area contributed by atoms with Gasteiger partial charge in [0.15, 0.2) is 0 Å². The molecule has 2 unspecified atom stereocenters. The molecule has 0 bridgehead atoms. The lowest BCUT2D eigenvalue weighted by Gasteiger charge is -2.38. The SMILES string of the molecule is COCC1CCCN(C(CN)c2ccc(Br)cc2)C1. The van der Waals surface area contributed by atoms with Crippen molar-refractivity contribution in [1.82, 2.24) is 4.90 Å². The molecule has 0 amide bonds. The van der Waals surface area contributed by atoms with Crippen LogP contribution >= 0.6 is 15.9 Å². The Morgan fingerprint density at radius 2 is 2.16 bits per heavy atom. The Morgan fingerprint density at radius 1 is 1.42 bits per heavy atom. The second-order valence-corrected chi connectivity index (χ2v) is 6.18. The first kappa shape index (κ1) is 15.0. The Hall–Kier alpha value is -0.420.